The number of anilines is 1. The van der Waals surface area contributed by atoms with E-state index in [2.05, 4.69) is 154 Å². The predicted molar refractivity (Wildman–Crippen MR) is 180 cm³/mol. The molecular weight excluding hydrogens is 537 g/mol. The highest BCUT2D eigenvalue weighted by atomic mass is 32.1. The van der Waals surface area contributed by atoms with E-state index in [0.717, 1.165) is 9.79 Å². The molecule has 2 nitrogen and oxygen atoms in total. The molecule has 0 atom stereocenters. The molecule has 4 heteroatoms. The van der Waals surface area contributed by atoms with Gasteiger partial charge in [0.25, 0.3) is 0 Å². The van der Waals surface area contributed by atoms with E-state index in [0.29, 0.717) is 0 Å². The number of benzene rings is 4. The normalized spacial score (nSPS) is 17.6. The van der Waals surface area contributed by atoms with Crippen LogP contribution < -0.4 is 10.3 Å². The first kappa shape index (κ1) is 27.4. The minimum Gasteiger partial charge on any atom is -0.358 e. The van der Waals surface area contributed by atoms with Crippen LogP contribution in [0.15, 0.2) is 131 Å². The van der Waals surface area contributed by atoms with Crippen molar-refractivity contribution < 1.29 is 4.99 Å². The van der Waals surface area contributed by atoms with Gasteiger partial charge in [0, 0.05) is 44.3 Å². The summed E-state index contributed by atoms with van der Waals surface area (Å²) in [4.78, 5) is 5.62. The molecule has 0 radical (unpaired) electrons. The van der Waals surface area contributed by atoms with E-state index in [4.69, 9.17) is 0 Å². The van der Waals surface area contributed by atoms with E-state index >= 15 is 0 Å². The second kappa shape index (κ2) is 10.6. The predicted octanol–water partition coefficient (Wildman–Crippen LogP) is 8.44. The Labute approximate surface area is 254 Å². The molecule has 4 aromatic carbocycles. The van der Waals surface area contributed by atoms with Crippen molar-refractivity contribution in [3.05, 3.63) is 132 Å². The first-order chi connectivity index (χ1) is 19.6. The topological polar surface area (TPSA) is 26.0 Å². The zero-order chi connectivity index (χ0) is 28.8. The van der Waals surface area contributed by atoms with E-state index < -0.39 is 0 Å². The highest BCUT2D eigenvalue weighted by Crippen LogP contribution is 2.44. The van der Waals surface area contributed by atoms with Crippen LogP contribution in [0.2, 0.25) is 0 Å². The summed E-state index contributed by atoms with van der Waals surface area (Å²) in [6.45, 7) is 9.09. The van der Waals surface area contributed by atoms with Gasteiger partial charge in [-0.1, -0.05) is 80.6 Å². The molecule has 2 N–H and O–H groups in total. The summed E-state index contributed by atoms with van der Waals surface area (Å²) in [6.07, 6.45) is 10.7. The third-order valence-electron chi connectivity index (χ3n) is 8.42. The summed E-state index contributed by atoms with van der Waals surface area (Å²) in [5, 5.41) is 3.67. The molecule has 4 aromatic rings. The molecule has 0 spiro atoms. The summed E-state index contributed by atoms with van der Waals surface area (Å²) in [5.41, 5.74) is 12.0. The van der Waals surface area contributed by atoms with Gasteiger partial charge in [-0.2, -0.15) is 0 Å². The Balaban J connectivity index is 1.18. The van der Waals surface area contributed by atoms with Gasteiger partial charge in [-0.05, 0) is 78.1 Å². The lowest BCUT2D eigenvalue weighted by Crippen LogP contribution is -2.65. The lowest BCUT2D eigenvalue weighted by molar-refractivity contribution is -0.349. The molecule has 6 rings (SSSR count). The van der Waals surface area contributed by atoms with Gasteiger partial charge in [0.05, 0.1) is 5.41 Å². The van der Waals surface area contributed by atoms with Gasteiger partial charge in [0.1, 0.15) is 0 Å². The van der Waals surface area contributed by atoms with Crippen LogP contribution in [0.4, 0.5) is 11.4 Å². The van der Waals surface area contributed by atoms with Crippen LogP contribution in [0, 0.1) is 0 Å². The van der Waals surface area contributed by atoms with E-state index in [1.807, 2.05) is 24.3 Å². The second-order valence-corrected chi connectivity index (χ2v) is 12.9. The molecule has 41 heavy (non-hydrogen) atoms. The first-order valence-electron chi connectivity index (χ1n) is 14.0. The van der Waals surface area contributed by atoms with Crippen molar-refractivity contribution in [2.45, 2.75) is 48.3 Å². The van der Waals surface area contributed by atoms with Gasteiger partial charge >= 0.3 is 0 Å². The number of fused-ring (bicyclic) bond motifs is 2. The number of allylic oxidation sites excluding steroid dienone is 6. The third-order valence-corrected chi connectivity index (χ3v) is 9.02. The molecule has 0 unspecified atom stereocenters. The molecular formula is C37H35N2S2+. The Morgan fingerprint density at radius 3 is 1.80 bits per heavy atom. The monoisotopic (exact) mass is 571 g/mol. The lowest BCUT2D eigenvalue weighted by atomic mass is 9.81. The van der Waals surface area contributed by atoms with Gasteiger partial charge in [0.15, 0.2) is 5.71 Å². The van der Waals surface area contributed by atoms with Gasteiger partial charge in [0.2, 0.25) is 5.69 Å². The number of rotatable bonds is 5. The Bertz CT molecular complexity index is 1750. The molecule has 0 aliphatic carbocycles. The van der Waals surface area contributed by atoms with Gasteiger partial charge in [-0.3, -0.25) is 0 Å². The average Bonchev–Trinajstić information content (AvgIpc) is 3.36. The Morgan fingerprint density at radius 2 is 1.17 bits per heavy atom. The number of hydrogen-bond acceptors (Lipinski definition) is 3. The zero-order valence-electron chi connectivity index (χ0n) is 23.9. The summed E-state index contributed by atoms with van der Waals surface area (Å²) in [7, 11) is 0. The maximum atomic E-state index is 4.42. The zero-order valence-corrected chi connectivity index (χ0v) is 25.7. The maximum absolute atomic E-state index is 4.42. The smallest absolute Gasteiger partial charge is 0.208 e. The van der Waals surface area contributed by atoms with E-state index in [1.165, 1.54) is 56.2 Å². The van der Waals surface area contributed by atoms with E-state index in [-0.39, 0.29) is 10.8 Å². The molecule has 0 saturated carbocycles. The van der Waals surface area contributed by atoms with Crippen molar-refractivity contribution in [1.82, 2.24) is 0 Å². The Morgan fingerprint density at radius 1 is 0.610 bits per heavy atom. The summed E-state index contributed by atoms with van der Waals surface area (Å²) < 4.78 is 0. The van der Waals surface area contributed by atoms with E-state index in [9.17, 15) is 0 Å². The van der Waals surface area contributed by atoms with Crippen molar-refractivity contribution in [2.75, 3.05) is 5.32 Å². The van der Waals surface area contributed by atoms with Crippen LogP contribution in [0.1, 0.15) is 38.8 Å². The quantitative estimate of drug-likeness (QED) is 0.140. The van der Waals surface area contributed by atoms with Crippen molar-refractivity contribution in [3.8, 4) is 22.3 Å². The number of hydrogen-bond donors (Lipinski definition) is 4. The average molecular weight is 572 g/mol. The molecule has 2 aliphatic heterocycles. The summed E-state index contributed by atoms with van der Waals surface area (Å²) in [5.74, 6) is 0. The maximum Gasteiger partial charge on any atom is 0.208 e. The summed E-state index contributed by atoms with van der Waals surface area (Å²) >= 11 is 8.83. The molecule has 204 valence electrons. The fourth-order valence-electron chi connectivity index (χ4n) is 5.81. The number of thiol groups is 2. The highest BCUT2D eigenvalue weighted by molar-refractivity contribution is 7.80. The van der Waals surface area contributed by atoms with Crippen LogP contribution >= 0.6 is 25.3 Å². The van der Waals surface area contributed by atoms with Crippen LogP contribution in [0.25, 0.3) is 22.3 Å². The SMILES string of the molecule is CC1(C)C(/C=C/C=C/C=C2/Nc3cc(-c4ccc(S)cc4)ccc3C2(C)C)=[NH+]c2cc(-c3ccc(S)cc3)ccc21. The van der Waals surface area contributed by atoms with Crippen molar-refractivity contribution >= 4 is 42.3 Å². The molecule has 0 bridgehead atoms. The van der Waals surface area contributed by atoms with Gasteiger partial charge < -0.3 is 5.32 Å². The molecule has 0 saturated heterocycles. The van der Waals surface area contributed by atoms with Gasteiger partial charge in [-0.15, -0.1) is 25.3 Å². The minimum absolute atomic E-state index is 0.0901. The lowest BCUT2D eigenvalue weighted by Gasteiger charge is -2.20. The third kappa shape index (κ3) is 5.23. The molecule has 2 aliphatic rings. The minimum atomic E-state index is -0.0901. The molecule has 0 amide bonds. The summed E-state index contributed by atoms with van der Waals surface area (Å²) in [6, 6.07) is 30.0. The van der Waals surface area contributed by atoms with Crippen LogP contribution in [0.3, 0.4) is 0 Å². The molecule has 0 aromatic heterocycles. The van der Waals surface area contributed by atoms with Crippen molar-refractivity contribution in [1.29, 1.82) is 0 Å². The Hall–Kier alpha value is -3.73. The largest absolute Gasteiger partial charge is 0.358 e. The van der Waals surface area contributed by atoms with Gasteiger partial charge in [-0.25, -0.2) is 4.99 Å². The van der Waals surface area contributed by atoms with Crippen molar-refractivity contribution in [3.63, 3.8) is 0 Å². The standard InChI is InChI=1S/C37H34N2S2/c1-36(2)30-20-14-26(24-10-16-28(40)17-11-24)22-32(30)38-34(36)8-6-5-7-9-35-37(3,4)31-21-15-27(23-33(31)39-35)25-12-18-29(41)19-13-25/h5-23,38,40-41H,1-4H3/p+1/b6-5+,9-7+,34-8+. The Kier molecular flexibility index (Phi) is 7.09. The molecule has 0 fully saturated rings. The number of nitrogens with one attached hydrogen (secondary N) is 2. The van der Waals surface area contributed by atoms with Crippen molar-refractivity contribution in [2.24, 2.45) is 0 Å². The second-order valence-electron chi connectivity index (χ2n) is 11.9. The van der Waals surface area contributed by atoms with Crippen LogP contribution in [0.5, 0.6) is 0 Å². The first-order valence-corrected chi connectivity index (χ1v) is 14.9. The van der Waals surface area contributed by atoms with Crippen LogP contribution in [-0.4, -0.2) is 5.71 Å². The fraction of sp³-hybridized carbons (Fsp3) is 0.162. The van der Waals surface area contributed by atoms with Crippen LogP contribution in [-0.2, 0) is 10.8 Å². The van der Waals surface area contributed by atoms with E-state index in [1.54, 1.807) is 0 Å². The fourth-order valence-corrected chi connectivity index (χ4v) is 6.11. The molecule has 2 heterocycles. The highest BCUT2D eigenvalue weighted by Gasteiger charge is 2.40.